The molecule has 0 aliphatic carbocycles. The molecule has 2 rings (SSSR count). The van der Waals surface area contributed by atoms with E-state index in [0.29, 0.717) is 20.7 Å². The smallest absolute Gasteiger partial charge is 0.261 e. The predicted molar refractivity (Wildman–Crippen MR) is 87.1 cm³/mol. The Morgan fingerprint density at radius 2 is 1.95 bits per heavy atom. The number of sulfonamides is 1. The molecular formula is C14H13BrClNO3S. The zero-order valence-electron chi connectivity index (χ0n) is 11.1. The summed E-state index contributed by atoms with van der Waals surface area (Å²) >= 11 is 9.12. The summed E-state index contributed by atoms with van der Waals surface area (Å²) in [6.07, 6.45) is 0. The number of rotatable bonds is 4. The van der Waals surface area contributed by atoms with Crippen molar-refractivity contribution in [3.05, 3.63) is 57.0 Å². The zero-order valence-corrected chi connectivity index (χ0v) is 14.3. The van der Waals surface area contributed by atoms with Crippen molar-refractivity contribution in [2.45, 2.75) is 18.4 Å². The van der Waals surface area contributed by atoms with E-state index in [1.54, 1.807) is 24.3 Å². The number of aliphatic hydroxyl groups excluding tert-OH is 1. The molecule has 21 heavy (non-hydrogen) atoms. The van der Waals surface area contributed by atoms with Crippen LogP contribution < -0.4 is 4.72 Å². The van der Waals surface area contributed by atoms with E-state index in [4.69, 9.17) is 11.6 Å². The molecule has 0 aromatic heterocycles. The van der Waals surface area contributed by atoms with Crippen LogP contribution in [0.25, 0.3) is 0 Å². The van der Waals surface area contributed by atoms with Gasteiger partial charge in [-0.15, -0.1) is 0 Å². The van der Waals surface area contributed by atoms with E-state index in [-0.39, 0.29) is 11.5 Å². The van der Waals surface area contributed by atoms with Crippen molar-refractivity contribution < 1.29 is 13.5 Å². The van der Waals surface area contributed by atoms with Crippen LogP contribution in [0.4, 0.5) is 5.69 Å². The van der Waals surface area contributed by atoms with E-state index < -0.39 is 10.0 Å². The van der Waals surface area contributed by atoms with Gasteiger partial charge in [-0.2, -0.15) is 0 Å². The number of aliphatic hydroxyl groups is 1. The number of benzene rings is 2. The molecule has 0 aliphatic rings. The summed E-state index contributed by atoms with van der Waals surface area (Å²) in [7, 11) is -3.72. The molecule has 0 bridgehead atoms. The average Bonchev–Trinajstić information content (AvgIpc) is 2.43. The van der Waals surface area contributed by atoms with Gasteiger partial charge in [0.05, 0.1) is 22.2 Å². The van der Waals surface area contributed by atoms with Gasteiger partial charge in [0.2, 0.25) is 0 Å². The molecule has 0 unspecified atom stereocenters. The highest BCUT2D eigenvalue weighted by Crippen LogP contribution is 2.27. The molecular weight excluding hydrogens is 378 g/mol. The number of hydrogen-bond acceptors (Lipinski definition) is 3. The van der Waals surface area contributed by atoms with E-state index in [9.17, 15) is 13.5 Å². The normalized spacial score (nSPS) is 11.4. The molecule has 0 amide bonds. The molecule has 7 heteroatoms. The van der Waals surface area contributed by atoms with Gasteiger partial charge in [0.25, 0.3) is 10.0 Å². The first-order valence-corrected chi connectivity index (χ1v) is 8.67. The molecule has 0 atom stereocenters. The molecule has 0 radical (unpaired) electrons. The van der Waals surface area contributed by atoms with Crippen LogP contribution >= 0.6 is 27.5 Å². The summed E-state index contributed by atoms with van der Waals surface area (Å²) < 4.78 is 27.7. The number of hydrogen-bond donors (Lipinski definition) is 2. The van der Waals surface area contributed by atoms with Crippen molar-refractivity contribution in [1.82, 2.24) is 0 Å². The lowest BCUT2D eigenvalue weighted by Crippen LogP contribution is -2.13. The summed E-state index contributed by atoms with van der Waals surface area (Å²) in [5.41, 5.74) is 1.82. The van der Waals surface area contributed by atoms with E-state index in [1.807, 2.05) is 6.92 Å². The van der Waals surface area contributed by atoms with Crippen molar-refractivity contribution in [3.8, 4) is 0 Å². The Morgan fingerprint density at radius 1 is 1.24 bits per heavy atom. The first-order valence-electron chi connectivity index (χ1n) is 6.02. The van der Waals surface area contributed by atoms with Crippen LogP contribution in [0.1, 0.15) is 11.1 Å². The minimum atomic E-state index is -3.72. The molecule has 0 aliphatic heterocycles. The van der Waals surface area contributed by atoms with Gasteiger partial charge >= 0.3 is 0 Å². The molecule has 2 aromatic rings. The lowest BCUT2D eigenvalue weighted by Gasteiger charge is -2.11. The molecule has 0 fully saturated rings. The number of anilines is 1. The quantitative estimate of drug-likeness (QED) is 0.836. The molecule has 2 aromatic carbocycles. The highest BCUT2D eigenvalue weighted by molar-refractivity contribution is 9.10. The minimum Gasteiger partial charge on any atom is -0.392 e. The third-order valence-corrected chi connectivity index (χ3v) is 5.57. The van der Waals surface area contributed by atoms with Gasteiger partial charge in [0, 0.05) is 4.47 Å². The maximum Gasteiger partial charge on any atom is 0.261 e. The fourth-order valence-corrected chi connectivity index (χ4v) is 3.36. The maximum atomic E-state index is 12.3. The number of halogens is 2. The average molecular weight is 391 g/mol. The Morgan fingerprint density at radius 3 is 2.57 bits per heavy atom. The second-order valence-electron chi connectivity index (χ2n) is 4.48. The summed E-state index contributed by atoms with van der Waals surface area (Å²) in [6.45, 7) is 1.60. The third kappa shape index (κ3) is 3.77. The molecule has 0 heterocycles. The Labute approximate surface area is 136 Å². The van der Waals surface area contributed by atoms with Crippen LogP contribution in [0.5, 0.6) is 0 Å². The topological polar surface area (TPSA) is 66.4 Å². The second-order valence-corrected chi connectivity index (χ2v) is 7.42. The fraction of sp³-hybridized carbons (Fsp3) is 0.143. The van der Waals surface area contributed by atoms with Gasteiger partial charge in [0.15, 0.2) is 0 Å². The first-order chi connectivity index (χ1) is 9.83. The summed E-state index contributed by atoms with van der Waals surface area (Å²) in [5, 5.41) is 9.73. The first kappa shape index (κ1) is 16.3. The predicted octanol–water partition coefficient (Wildman–Crippen LogP) is 3.70. The third-order valence-electron chi connectivity index (χ3n) is 2.97. The van der Waals surface area contributed by atoms with Crippen molar-refractivity contribution in [2.24, 2.45) is 0 Å². The van der Waals surface area contributed by atoms with Gasteiger partial charge in [-0.3, -0.25) is 4.72 Å². The number of aryl methyl sites for hydroxylation is 1. The zero-order chi connectivity index (χ0) is 15.6. The van der Waals surface area contributed by atoms with E-state index in [2.05, 4.69) is 20.7 Å². The Balaban J connectivity index is 2.35. The summed E-state index contributed by atoms with van der Waals surface area (Å²) in [6, 6.07) is 9.38. The largest absolute Gasteiger partial charge is 0.392 e. The van der Waals surface area contributed by atoms with Gasteiger partial charge in [0.1, 0.15) is 0 Å². The van der Waals surface area contributed by atoms with Crippen LogP contribution in [0.15, 0.2) is 45.8 Å². The van der Waals surface area contributed by atoms with Crippen molar-refractivity contribution in [1.29, 1.82) is 0 Å². The highest BCUT2D eigenvalue weighted by Gasteiger charge is 2.16. The van der Waals surface area contributed by atoms with Crippen LogP contribution in [0.3, 0.4) is 0 Å². The molecule has 2 N–H and O–H groups in total. The Bertz CT molecular complexity index is 778. The summed E-state index contributed by atoms with van der Waals surface area (Å²) in [5.74, 6) is 0. The van der Waals surface area contributed by atoms with Crippen molar-refractivity contribution >= 4 is 43.2 Å². The van der Waals surface area contributed by atoms with Gasteiger partial charge in [-0.25, -0.2) is 8.42 Å². The van der Waals surface area contributed by atoms with Crippen LogP contribution in [-0.2, 0) is 16.6 Å². The Hall–Kier alpha value is -1.08. The minimum absolute atomic E-state index is 0.100. The summed E-state index contributed by atoms with van der Waals surface area (Å²) in [4.78, 5) is 0.100. The van der Waals surface area contributed by atoms with Gasteiger partial charge < -0.3 is 5.11 Å². The van der Waals surface area contributed by atoms with Gasteiger partial charge in [-0.05, 0) is 64.3 Å². The van der Waals surface area contributed by atoms with Crippen molar-refractivity contribution in [2.75, 3.05) is 4.72 Å². The second kappa shape index (κ2) is 6.36. The maximum absolute atomic E-state index is 12.3. The number of nitrogens with one attached hydrogen (secondary N) is 1. The van der Waals surface area contributed by atoms with Crippen LogP contribution in [-0.4, -0.2) is 13.5 Å². The van der Waals surface area contributed by atoms with Crippen molar-refractivity contribution in [3.63, 3.8) is 0 Å². The molecule has 112 valence electrons. The lowest BCUT2D eigenvalue weighted by atomic mass is 10.1. The fourth-order valence-electron chi connectivity index (χ4n) is 1.76. The van der Waals surface area contributed by atoms with E-state index >= 15 is 0 Å². The highest BCUT2D eigenvalue weighted by atomic mass is 79.9. The molecule has 0 spiro atoms. The monoisotopic (exact) mass is 389 g/mol. The molecule has 0 saturated carbocycles. The van der Waals surface area contributed by atoms with E-state index in [0.717, 1.165) is 5.56 Å². The SMILES string of the molecule is Cc1ccc(S(=O)(=O)Nc2ccc(Cl)c(Br)c2)cc1CO. The van der Waals surface area contributed by atoms with Crippen LogP contribution in [0.2, 0.25) is 5.02 Å². The lowest BCUT2D eigenvalue weighted by molar-refractivity contribution is 0.281. The standard InChI is InChI=1S/C14H13BrClNO3S/c1-9-2-4-12(6-10(9)8-18)21(19,20)17-11-3-5-14(16)13(15)7-11/h2-7,17-18H,8H2,1H3. The molecule has 4 nitrogen and oxygen atoms in total. The van der Waals surface area contributed by atoms with E-state index in [1.165, 1.54) is 12.1 Å². The Kier molecular flexibility index (Phi) is 4.93. The molecule has 0 saturated heterocycles. The van der Waals surface area contributed by atoms with Crippen LogP contribution in [0, 0.1) is 6.92 Å². The van der Waals surface area contributed by atoms with Gasteiger partial charge in [-0.1, -0.05) is 17.7 Å².